The van der Waals surface area contributed by atoms with Crippen LogP contribution in [0.15, 0.2) is 11.4 Å². The highest BCUT2D eigenvalue weighted by molar-refractivity contribution is 7.10. The van der Waals surface area contributed by atoms with Crippen LogP contribution in [0, 0.1) is 0 Å². The minimum absolute atomic E-state index is 0.176. The van der Waals surface area contributed by atoms with Gasteiger partial charge in [0.1, 0.15) is 0 Å². The molecule has 0 aromatic carbocycles. The Morgan fingerprint density at radius 2 is 2.50 bits per heavy atom. The highest BCUT2D eigenvalue weighted by Gasteiger charge is 2.45. The van der Waals surface area contributed by atoms with Crippen LogP contribution in [0.5, 0.6) is 0 Å². The topological polar surface area (TPSA) is 38.3 Å². The van der Waals surface area contributed by atoms with Crippen molar-refractivity contribution in [1.82, 2.24) is 5.32 Å². The molecule has 0 fully saturated rings. The van der Waals surface area contributed by atoms with Crippen molar-refractivity contribution in [3.8, 4) is 0 Å². The Bertz CT molecular complexity index is 401. The second-order valence-corrected chi connectivity index (χ2v) is 5.19. The fourth-order valence-electron chi connectivity index (χ4n) is 2.47. The first-order valence-electron chi connectivity index (χ1n) is 5.57. The molecule has 0 bridgehead atoms. The van der Waals surface area contributed by atoms with Crippen molar-refractivity contribution >= 4 is 17.3 Å². The van der Waals surface area contributed by atoms with Gasteiger partial charge in [-0.25, -0.2) is 4.79 Å². The van der Waals surface area contributed by atoms with E-state index in [1.165, 1.54) is 12.7 Å². The average Bonchev–Trinajstić information content (AvgIpc) is 2.74. The van der Waals surface area contributed by atoms with Crippen LogP contribution in [-0.2, 0) is 21.5 Å². The first-order valence-corrected chi connectivity index (χ1v) is 6.45. The number of nitrogens with one attached hydrogen (secondary N) is 1. The average molecular weight is 239 g/mol. The Labute approximate surface area is 99.8 Å². The van der Waals surface area contributed by atoms with Gasteiger partial charge in [0.2, 0.25) is 0 Å². The summed E-state index contributed by atoms with van der Waals surface area (Å²) in [5, 5.41) is 5.46. The van der Waals surface area contributed by atoms with E-state index in [0.717, 1.165) is 17.7 Å². The number of carbonyl (C=O) groups excluding carboxylic acids is 1. The molecule has 2 atom stereocenters. The van der Waals surface area contributed by atoms with Crippen molar-refractivity contribution in [1.29, 1.82) is 0 Å². The van der Waals surface area contributed by atoms with Gasteiger partial charge in [-0.2, -0.15) is 0 Å². The van der Waals surface area contributed by atoms with E-state index in [0.29, 0.717) is 6.04 Å². The van der Waals surface area contributed by atoms with Crippen molar-refractivity contribution in [2.45, 2.75) is 38.3 Å². The number of rotatable bonds is 2. The van der Waals surface area contributed by atoms with Crippen LogP contribution in [-0.4, -0.2) is 19.1 Å². The smallest absolute Gasteiger partial charge is 0.331 e. The standard InChI is InChI=1S/C12H17NO2S/c1-4-12(11(14)15-3)10-9(5-6-16-10)7-8(2)13-12/h5-6,8,13H,4,7H2,1-3H3/t8-,12+/m0/s1. The van der Waals surface area contributed by atoms with E-state index in [-0.39, 0.29) is 5.97 Å². The number of methoxy groups -OCH3 is 1. The highest BCUT2D eigenvalue weighted by Crippen LogP contribution is 2.38. The monoisotopic (exact) mass is 239 g/mol. The molecule has 0 aliphatic carbocycles. The van der Waals surface area contributed by atoms with Gasteiger partial charge in [-0.15, -0.1) is 11.3 Å². The molecule has 0 radical (unpaired) electrons. The van der Waals surface area contributed by atoms with Crippen LogP contribution in [0.3, 0.4) is 0 Å². The first-order chi connectivity index (χ1) is 7.64. The number of ether oxygens (including phenoxy) is 1. The largest absolute Gasteiger partial charge is 0.467 e. The number of hydrogen-bond donors (Lipinski definition) is 1. The van der Waals surface area contributed by atoms with Gasteiger partial charge in [-0.3, -0.25) is 5.32 Å². The molecule has 0 spiro atoms. The molecule has 4 heteroatoms. The fraction of sp³-hybridized carbons (Fsp3) is 0.583. The maximum absolute atomic E-state index is 12.0. The minimum atomic E-state index is -0.629. The summed E-state index contributed by atoms with van der Waals surface area (Å²) in [6.45, 7) is 4.12. The molecule has 1 N–H and O–H groups in total. The normalized spacial score (nSPS) is 28.6. The zero-order valence-corrected chi connectivity index (χ0v) is 10.7. The van der Waals surface area contributed by atoms with Gasteiger partial charge in [0.25, 0.3) is 0 Å². The zero-order valence-electron chi connectivity index (χ0n) is 9.87. The molecule has 1 aromatic rings. The molecule has 0 unspecified atom stereocenters. The molecule has 1 aliphatic rings. The van der Waals surface area contributed by atoms with E-state index >= 15 is 0 Å². The van der Waals surface area contributed by atoms with Gasteiger partial charge >= 0.3 is 5.97 Å². The molecule has 2 rings (SSSR count). The molecule has 2 heterocycles. The third kappa shape index (κ3) is 1.57. The van der Waals surface area contributed by atoms with Crippen LogP contribution < -0.4 is 5.32 Å². The van der Waals surface area contributed by atoms with Gasteiger partial charge in [0, 0.05) is 10.9 Å². The number of hydrogen-bond acceptors (Lipinski definition) is 4. The van der Waals surface area contributed by atoms with E-state index in [9.17, 15) is 4.79 Å². The molecule has 88 valence electrons. The first kappa shape index (κ1) is 11.6. The van der Waals surface area contributed by atoms with Crippen LogP contribution >= 0.6 is 11.3 Å². The Balaban J connectivity index is 2.51. The summed E-state index contributed by atoms with van der Waals surface area (Å²) < 4.78 is 4.96. The molecule has 0 amide bonds. The molecule has 1 aliphatic heterocycles. The maximum atomic E-state index is 12.0. The Kier molecular flexibility index (Phi) is 3.04. The molecule has 16 heavy (non-hydrogen) atoms. The van der Waals surface area contributed by atoms with Crippen LogP contribution in [0.25, 0.3) is 0 Å². The van der Waals surface area contributed by atoms with Crippen molar-refractivity contribution in [2.75, 3.05) is 7.11 Å². The number of esters is 1. The molecular weight excluding hydrogens is 222 g/mol. The van der Waals surface area contributed by atoms with E-state index in [1.807, 2.05) is 6.92 Å². The van der Waals surface area contributed by atoms with Crippen molar-refractivity contribution < 1.29 is 9.53 Å². The Morgan fingerprint density at radius 1 is 1.75 bits per heavy atom. The number of fused-ring (bicyclic) bond motifs is 1. The van der Waals surface area contributed by atoms with Gasteiger partial charge in [-0.05, 0) is 36.8 Å². The number of thiophene rings is 1. The predicted octanol–water partition coefficient (Wildman–Crippen LogP) is 2.06. The lowest BCUT2D eigenvalue weighted by Crippen LogP contribution is -2.56. The fourth-order valence-corrected chi connectivity index (χ4v) is 3.63. The Hall–Kier alpha value is -0.870. The van der Waals surface area contributed by atoms with Crippen molar-refractivity contribution in [2.24, 2.45) is 0 Å². The van der Waals surface area contributed by atoms with Crippen LogP contribution in [0.1, 0.15) is 30.7 Å². The van der Waals surface area contributed by atoms with Crippen LogP contribution in [0.4, 0.5) is 0 Å². The second kappa shape index (κ2) is 4.18. The molecule has 3 nitrogen and oxygen atoms in total. The summed E-state index contributed by atoms with van der Waals surface area (Å²) in [6.07, 6.45) is 1.70. The van der Waals surface area contributed by atoms with Gasteiger partial charge < -0.3 is 4.74 Å². The SMILES string of the molecule is CC[C@@]1(C(=O)OC)N[C@@H](C)Cc2ccsc21. The van der Waals surface area contributed by atoms with E-state index in [1.54, 1.807) is 11.3 Å². The second-order valence-electron chi connectivity index (χ2n) is 4.27. The summed E-state index contributed by atoms with van der Waals surface area (Å²) in [5.74, 6) is -0.176. The van der Waals surface area contributed by atoms with E-state index < -0.39 is 5.54 Å². The Morgan fingerprint density at radius 3 is 3.12 bits per heavy atom. The minimum Gasteiger partial charge on any atom is -0.467 e. The quantitative estimate of drug-likeness (QED) is 0.803. The lowest BCUT2D eigenvalue weighted by molar-refractivity contribution is -0.150. The summed E-state index contributed by atoms with van der Waals surface area (Å²) >= 11 is 1.64. The van der Waals surface area contributed by atoms with Gasteiger partial charge in [0.15, 0.2) is 5.54 Å². The zero-order chi connectivity index (χ0) is 11.8. The molecule has 1 aromatic heterocycles. The lowest BCUT2D eigenvalue weighted by Gasteiger charge is -2.38. The summed E-state index contributed by atoms with van der Waals surface area (Å²) in [6, 6.07) is 2.42. The van der Waals surface area contributed by atoms with E-state index in [2.05, 4.69) is 23.7 Å². The number of carbonyl (C=O) groups is 1. The predicted molar refractivity (Wildman–Crippen MR) is 64.6 cm³/mol. The molecule has 0 saturated carbocycles. The highest BCUT2D eigenvalue weighted by atomic mass is 32.1. The van der Waals surface area contributed by atoms with E-state index in [4.69, 9.17) is 4.74 Å². The molecular formula is C12H17NO2S. The molecule has 0 saturated heterocycles. The van der Waals surface area contributed by atoms with Gasteiger partial charge in [0.05, 0.1) is 7.11 Å². The maximum Gasteiger partial charge on any atom is 0.331 e. The van der Waals surface area contributed by atoms with Gasteiger partial charge in [-0.1, -0.05) is 6.92 Å². The summed E-state index contributed by atoms with van der Waals surface area (Å²) in [7, 11) is 1.45. The van der Waals surface area contributed by atoms with Crippen molar-refractivity contribution in [3.63, 3.8) is 0 Å². The van der Waals surface area contributed by atoms with Crippen LogP contribution in [0.2, 0.25) is 0 Å². The summed E-state index contributed by atoms with van der Waals surface area (Å²) in [5.41, 5.74) is 0.652. The third-order valence-electron chi connectivity index (χ3n) is 3.22. The lowest BCUT2D eigenvalue weighted by atomic mass is 9.85. The summed E-state index contributed by atoms with van der Waals surface area (Å²) in [4.78, 5) is 13.2. The third-order valence-corrected chi connectivity index (χ3v) is 4.34. The van der Waals surface area contributed by atoms with Crippen molar-refractivity contribution in [3.05, 3.63) is 21.9 Å².